The van der Waals surface area contributed by atoms with Crippen molar-refractivity contribution < 1.29 is 14.6 Å². The van der Waals surface area contributed by atoms with E-state index in [4.69, 9.17) is 14.6 Å². The molecule has 0 aromatic rings. The summed E-state index contributed by atoms with van der Waals surface area (Å²) in [6, 6.07) is 0. The molecular formula is C9H18O3. The van der Waals surface area contributed by atoms with Crippen LogP contribution in [0, 0.1) is 0 Å². The molecule has 0 fully saturated rings. The van der Waals surface area contributed by atoms with Crippen LogP contribution in [0.5, 0.6) is 0 Å². The summed E-state index contributed by atoms with van der Waals surface area (Å²) < 4.78 is 10.5. The van der Waals surface area contributed by atoms with Crippen LogP contribution in [0.15, 0.2) is 12.2 Å². The minimum Gasteiger partial charge on any atom is -0.392 e. The van der Waals surface area contributed by atoms with Crippen LogP contribution in [0.4, 0.5) is 0 Å². The number of hydrogen-bond donors (Lipinski definition) is 1. The fourth-order valence-electron chi connectivity index (χ4n) is 0.838. The third-order valence-corrected chi connectivity index (χ3v) is 1.31. The highest BCUT2D eigenvalue weighted by Gasteiger charge is 2.03. The van der Waals surface area contributed by atoms with Gasteiger partial charge in [0.1, 0.15) is 0 Å². The lowest BCUT2D eigenvalue weighted by Crippen LogP contribution is -2.16. The van der Waals surface area contributed by atoms with Gasteiger partial charge in [-0.2, -0.15) is 0 Å². The highest BCUT2D eigenvalue weighted by molar-refractivity contribution is 4.81. The van der Waals surface area contributed by atoms with Crippen LogP contribution >= 0.6 is 0 Å². The maximum Gasteiger partial charge on any atom is 0.160 e. The maximum atomic E-state index is 8.47. The summed E-state index contributed by atoms with van der Waals surface area (Å²) in [7, 11) is 0. The van der Waals surface area contributed by atoms with Gasteiger partial charge < -0.3 is 14.6 Å². The van der Waals surface area contributed by atoms with Gasteiger partial charge in [0, 0.05) is 19.6 Å². The lowest BCUT2D eigenvalue weighted by molar-refractivity contribution is -0.133. The lowest BCUT2D eigenvalue weighted by Gasteiger charge is -2.14. The van der Waals surface area contributed by atoms with Crippen LogP contribution < -0.4 is 0 Å². The van der Waals surface area contributed by atoms with E-state index in [2.05, 4.69) is 0 Å². The van der Waals surface area contributed by atoms with Gasteiger partial charge in [-0.1, -0.05) is 12.2 Å². The third-order valence-electron chi connectivity index (χ3n) is 1.31. The van der Waals surface area contributed by atoms with Crippen molar-refractivity contribution in [2.24, 2.45) is 0 Å². The first-order valence-corrected chi connectivity index (χ1v) is 4.34. The van der Waals surface area contributed by atoms with Crippen LogP contribution in [0.3, 0.4) is 0 Å². The molecule has 12 heavy (non-hydrogen) atoms. The highest BCUT2D eigenvalue weighted by Crippen LogP contribution is 2.01. The van der Waals surface area contributed by atoms with E-state index in [0.717, 1.165) is 0 Å². The summed E-state index contributed by atoms with van der Waals surface area (Å²) in [4.78, 5) is 0. The fourth-order valence-corrected chi connectivity index (χ4v) is 0.838. The third kappa shape index (κ3) is 6.34. The molecule has 0 saturated heterocycles. The van der Waals surface area contributed by atoms with Gasteiger partial charge >= 0.3 is 0 Å². The zero-order chi connectivity index (χ0) is 9.23. The Morgan fingerprint density at radius 1 is 1.17 bits per heavy atom. The Labute approximate surface area is 74.0 Å². The van der Waals surface area contributed by atoms with Crippen molar-refractivity contribution in [3.8, 4) is 0 Å². The second kappa shape index (κ2) is 8.71. The Morgan fingerprint density at radius 2 is 1.75 bits per heavy atom. The number of rotatable bonds is 7. The normalized spacial score (nSPS) is 11.7. The molecule has 0 heterocycles. The van der Waals surface area contributed by atoms with Crippen molar-refractivity contribution in [1.29, 1.82) is 0 Å². The average Bonchev–Trinajstić information content (AvgIpc) is 2.06. The van der Waals surface area contributed by atoms with Gasteiger partial charge in [-0.15, -0.1) is 0 Å². The number of aliphatic hydroxyl groups is 1. The Morgan fingerprint density at radius 3 is 2.17 bits per heavy atom. The number of ether oxygens (including phenoxy) is 2. The first-order chi connectivity index (χ1) is 5.85. The molecule has 0 amide bonds. The molecule has 1 N–H and O–H groups in total. The fraction of sp³-hybridized carbons (Fsp3) is 0.778. The number of aliphatic hydroxyl groups excluding tert-OH is 1. The molecule has 0 aliphatic heterocycles. The van der Waals surface area contributed by atoms with Crippen LogP contribution in [-0.4, -0.2) is 31.2 Å². The standard InChI is InChI=1S/C9H18O3/c1-3-11-9(12-4-2)7-5-6-8-10/h5-6,9-10H,3-4,7-8H2,1-2H3/b6-5+. The monoisotopic (exact) mass is 174 g/mol. The van der Waals surface area contributed by atoms with E-state index in [1.54, 1.807) is 6.08 Å². The topological polar surface area (TPSA) is 38.7 Å². The van der Waals surface area contributed by atoms with Gasteiger partial charge in [-0.05, 0) is 13.8 Å². The predicted molar refractivity (Wildman–Crippen MR) is 47.9 cm³/mol. The Bertz CT molecular complexity index is 106. The molecule has 0 atom stereocenters. The van der Waals surface area contributed by atoms with Gasteiger partial charge in [0.15, 0.2) is 6.29 Å². The van der Waals surface area contributed by atoms with Gasteiger partial charge in [0.25, 0.3) is 0 Å². The molecular weight excluding hydrogens is 156 g/mol. The van der Waals surface area contributed by atoms with Crippen molar-refractivity contribution in [3.63, 3.8) is 0 Å². The molecule has 0 spiro atoms. The summed E-state index contributed by atoms with van der Waals surface area (Å²) in [5.41, 5.74) is 0. The quantitative estimate of drug-likeness (QED) is 0.467. The Balaban J connectivity index is 3.54. The van der Waals surface area contributed by atoms with Crippen LogP contribution in [0.1, 0.15) is 20.3 Å². The molecule has 3 nitrogen and oxygen atoms in total. The smallest absolute Gasteiger partial charge is 0.160 e. The highest BCUT2D eigenvalue weighted by atomic mass is 16.7. The van der Waals surface area contributed by atoms with E-state index >= 15 is 0 Å². The number of hydrogen-bond acceptors (Lipinski definition) is 3. The van der Waals surface area contributed by atoms with Crippen molar-refractivity contribution in [1.82, 2.24) is 0 Å². The van der Waals surface area contributed by atoms with E-state index in [9.17, 15) is 0 Å². The first-order valence-electron chi connectivity index (χ1n) is 4.34. The predicted octanol–water partition coefficient (Wildman–Crippen LogP) is 1.32. The van der Waals surface area contributed by atoms with Gasteiger partial charge in [0.05, 0.1) is 6.61 Å². The molecule has 0 bridgehead atoms. The Hall–Kier alpha value is -0.380. The molecule has 0 saturated carbocycles. The molecule has 0 rings (SSSR count). The minimum atomic E-state index is -0.164. The minimum absolute atomic E-state index is 0.0744. The van der Waals surface area contributed by atoms with E-state index in [0.29, 0.717) is 19.6 Å². The lowest BCUT2D eigenvalue weighted by atomic mass is 10.3. The van der Waals surface area contributed by atoms with E-state index in [-0.39, 0.29) is 12.9 Å². The molecule has 3 heteroatoms. The van der Waals surface area contributed by atoms with Gasteiger partial charge in [-0.25, -0.2) is 0 Å². The molecule has 0 aromatic carbocycles. The van der Waals surface area contributed by atoms with Crippen LogP contribution in [0.25, 0.3) is 0 Å². The van der Waals surface area contributed by atoms with Crippen LogP contribution in [-0.2, 0) is 9.47 Å². The van der Waals surface area contributed by atoms with Crippen molar-refractivity contribution in [2.75, 3.05) is 19.8 Å². The average molecular weight is 174 g/mol. The molecule has 0 aromatic heterocycles. The molecule has 0 aliphatic carbocycles. The Kier molecular flexibility index (Phi) is 8.44. The molecule has 0 unspecified atom stereocenters. The maximum absolute atomic E-state index is 8.47. The molecule has 0 aliphatic rings. The summed E-state index contributed by atoms with van der Waals surface area (Å²) >= 11 is 0. The van der Waals surface area contributed by atoms with E-state index < -0.39 is 0 Å². The SMILES string of the molecule is CCOC(C/C=C/CO)OCC. The molecule has 72 valence electrons. The van der Waals surface area contributed by atoms with Gasteiger partial charge in [0.2, 0.25) is 0 Å². The van der Waals surface area contributed by atoms with Crippen LogP contribution in [0.2, 0.25) is 0 Å². The zero-order valence-corrected chi connectivity index (χ0v) is 7.82. The summed E-state index contributed by atoms with van der Waals surface area (Å²) in [6.07, 6.45) is 4.08. The molecule has 0 radical (unpaired) electrons. The summed E-state index contributed by atoms with van der Waals surface area (Å²) in [5.74, 6) is 0. The van der Waals surface area contributed by atoms with Crippen molar-refractivity contribution in [3.05, 3.63) is 12.2 Å². The zero-order valence-electron chi connectivity index (χ0n) is 7.82. The van der Waals surface area contributed by atoms with E-state index in [1.807, 2.05) is 19.9 Å². The van der Waals surface area contributed by atoms with Gasteiger partial charge in [-0.3, -0.25) is 0 Å². The van der Waals surface area contributed by atoms with Crippen molar-refractivity contribution in [2.45, 2.75) is 26.6 Å². The van der Waals surface area contributed by atoms with Crippen molar-refractivity contribution >= 4 is 0 Å². The summed E-state index contributed by atoms with van der Waals surface area (Å²) in [6.45, 7) is 5.24. The van der Waals surface area contributed by atoms with E-state index in [1.165, 1.54) is 0 Å². The second-order valence-corrected chi connectivity index (χ2v) is 2.23. The largest absolute Gasteiger partial charge is 0.392 e. The summed E-state index contributed by atoms with van der Waals surface area (Å²) in [5, 5.41) is 8.47. The first kappa shape index (κ1) is 11.6. The second-order valence-electron chi connectivity index (χ2n) is 2.23.